The van der Waals surface area contributed by atoms with Crippen LogP contribution in [0.25, 0.3) is 0 Å². The van der Waals surface area contributed by atoms with Crippen molar-refractivity contribution in [3.63, 3.8) is 0 Å². The molecule has 0 radical (unpaired) electrons. The van der Waals surface area contributed by atoms with Gasteiger partial charge in [0, 0.05) is 51.5 Å². The lowest BCUT2D eigenvalue weighted by Gasteiger charge is -2.38. The maximum absolute atomic E-state index is 13.7. The maximum Gasteiger partial charge on any atom is 0.478 e. The van der Waals surface area contributed by atoms with E-state index in [1.807, 2.05) is 0 Å². The smallest absolute Gasteiger partial charge is 0.271 e. The number of phosphoric ester groups is 1. The molecule has 176 valence electrons. The topological polar surface area (TPSA) is 44.8 Å². The summed E-state index contributed by atoms with van der Waals surface area (Å²) < 4.78 is 30.8. The monoisotopic (exact) mass is 746 g/mol. The van der Waals surface area contributed by atoms with Crippen molar-refractivity contribution < 1.29 is 18.1 Å². The number of phosphoric acid groups is 1. The van der Waals surface area contributed by atoms with Crippen molar-refractivity contribution in [2.24, 2.45) is 16.2 Å². The lowest BCUT2D eigenvalue weighted by Crippen LogP contribution is -2.38. The Morgan fingerprint density at radius 2 is 0.793 bits per heavy atom. The average Bonchev–Trinajstić information content (AvgIpc) is 2.70. The Morgan fingerprint density at radius 3 is 0.931 bits per heavy atom. The quantitative estimate of drug-likeness (QED) is 0.124. The summed E-state index contributed by atoms with van der Waals surface area (Å²) in [4.78, 5) is 0. The Labute approximate surface area is 228 Å². The summed E-state index contributed by atoms with van der Waals surface area (Å²) in [5.41, 5.74) is -2.29. The van der Waals surface area contributed by atoms with Crippen LogP contribution in [0.5, 0.6) is 0 Å². The first-order valence-corrected chi connectivity index (χ1v) is 15.6. The number of rotatable bonds is 15. The minimum Gasteiger partial charge on any atom is -0.271 e. The van der Waals surface area contributed by atoms with Crippen LogP contribution in [-0.2, 0) is 18.1 Å². The van der Waals surface area contributed by atoms with Crippen LogP contribution in [0.1, 0.15) is 20.8 Å². The fourth-order valence-corrected chi connectivity index (χ4v) is 8.49. The van der Waals surface area contributed by atoms with E-state index in [2.05, 4.69) is 47.8 Å². The van der Waals surface area contributed by atoms with Gasteiger partial charge in [-0.1, -0.05) is 68.6 Å². The molecule has 0 aromatic heterocycles. The zero-order chi connectivity index (χ0) is 23.1. The van der Waals surface area contributed by atoms with Gasteiger partial charge >= 0.3 is 7.82 Å². The first-order valence-electron chi connectivity index (χ1n) is 8.18. The zero-order valence-electron chi connectivity index (χ0n) is 16.0. The predicted molar refractivity (Wildman–Crippen MR) is 138 cm³/mol. The summed E-state index contributed by atoms with van der Waals surface area (Å²) in [7, 11) is -4.25. The molecule has 4 nitrogen and oxygen atoms in total. The number of halogens is 9. The molecule has 0 heterocycles. The van der Waals surface area contributed by atoms with Crippen molar-refractivity contribution in [1.82, 2.24) is 0 Å². The van der Waals surface area contributed by atoms with E-state index in [4.69, 9.17) is 83.2 Å². The van der Waals surface area contributed by atoms with Gasteiger partial charge in [-0.2, -0.15) is 0 Å². The van der Waals surface area contributed by atoms with E-state index < -0.39 is 39.1 Å². The summed E-state index contributed by atoms with van der Waals surface area (Å²) in [6, 6.07) is 0. The Kier molecular flexibility index (Phi) is 15.6. The SMILES string of the molecule is CC(CCl)(CCl)C(Br)OP(=O)(OC(Br)C(C)(CCl)CCl)OC(Br)C(C)(CCl)CCl. The molecule has 3 unspecified atom stereocenters. The second kappa shape index (κ2) is 14.0. The second-order valence-corrected chi connectivity index (χ2v) is 13.1. The van der Waals surface area contributed by atoms with Gasteiger partial charge in [0.25, 0.3) is 0 Å². The Balaban J connectivity index is 5.89. The zero-order valence-corrected chi connectivity index (χ0v) is 26.1. The third kappa shape index (κ3) is 9.11. The molecule has 0 aliphatic heterocycles. The molecular weight excluding hydrogens is 728 g/mol. The molecule has 14 heteroatoms. The van der Waals surface area contributed by atoms with Gasteiger partial charge < -0.3 is 0 Å². The van der Waals surface area contributed by atoms with E-state index >= 15 is 0 Å². The molecule has 0 saturated carbocycles. The van der Waals surface area contributed by atoms with Gasteiger partial charge in [0.2, 0.25) is 0 Å². The summed E-state index contributed by atoms with van der Waals surface area (Å²) in [6.45, 7) is 5.28. The Hall–Kier alpha value is 3.29. The molecule has 29 heavy (non-hydrogen) atoms. The molecule has 0 saturated heterocycles. The van der Waals surface area contributed by atoms with E-state index in [-0.39, 0.29) is 35.3 Å². The Morgan fingerprint density at radius 1 is 0.621 bits per heavy atom. The highest BCUT2D eigenvalue weighted by atomic mass is 79.9. The molecule has 0 fully saturated rings. The van der Waals surface area contributed by atoms with Gasteiger partial charge in [0.1, 0.15) is 15.0 Å². The fourth-order valence-electron chi connectivity index (χ4n) is 1.27. The van der Waals surface area contributed by atoms with Crippen molar-refractivity contribution >= 4 is 125 Å². The van der Waals surface area contributed by atoms with Crippen molar-refractivity contribution in [2.75, 3.05) is 35.3 Å². The highest BCUT2D eigenvalue weighted by molar-refractivity contribution is 9.10. The minimum absolute atomic E-state index is 0.129. The van der Waals surface area contributed by atoms with Crippen molar-refractivity contribution in [3.8, 4) is 0 Å². The summed E-state index contributed by atoms with van der Waals surface area (Å²) in [5.74, 6) is 0.774. The van der Waals surface area contributed by atoms with Gasteiger partial charge in [-0.25, -0.2) is 4.57 Å². The lowest BCUT2D eigenvalue weighted by atomic mass is 9.98. The predicted octanol–water partition coefficient (Wildman–Crippen LogP) is 8.76. The van der Waals surface area contributed by atoms with Gasteiger partial charge in [0.05, 0.1) is 0 Å². The molecule has 0 aliphatic rings. The first kappa shape index (κ1) is 32.3. The largest absolute Gasteiger partial charge is 0.478 e. The third-order valence-electron chi connectivity index (χ3n) is 4.14. The van der Waals surface area contributed by atoms with E-state index in [9.17, 15) is 4.57 Å². The van der Waals surface area contributed by atoms with Crippen LogP contribution in [0.4, 0.5) is 0 Å². The third-order valence-corrected chi connectivity index (χ3v) is 14.0. The van der Waals surface area contributed by atoms with Gasteiger partial charge in [0.15, 0.2) is 0 Å². The molecule has 0 amide bonds. The van der Waals surface area contributed by atoms with Crippen LogP contribution >= 0.6 is 125 Å². The number of hydrogen-bond donors (Lipinski definition) is 0. The molecule has 0 bridgehead atoms. The van der Waals surface area contributed by atoms with Crippen molar-refractivity contribution in [2.45, 2.75) is 35.8 Å². The van der Waals surface area contributed by atoms with Crippen LogP contribution in [0, 0.1) is 16.2 Å². The van der Waals surface area contributed by atoms with Crippen LogP contribution in [-0.4, -0.2) is 50.3 Å². The molecule has 0 aliphatic carbocycles. The molecule has 0 spiro atoms. The molecular formula is C15H24Br3Cl6O4P. The van der Waals surface area contributed by atoms with Crippen LogP contribution < -0.4 is 0 Å². The van der Waals surface area contributed by atoms with Gasteiger partial charge in [-0.05, 0) is 0 Å². The van der Waals surface area contributed by atoms with Crippen LogP contribution in [0.2, 0.25) is 0 Å². The molecule has 0 aromatic carbocycles. The van der Waals surface area contributed by atoms with Gasteiger partial charge in [-0.3, -0.25) is 13.6 Å². The molecule has 3 atom stereocenters. The van der Waals surface area contributed by atoms with E-state index in [1.54, 1.807) is 20.8 Å². The number of hydrogen-bond acceptors (Lipinski definition) is 4. The average molecular weight is 752 g/mol. The standard InChI is InChI=1S/C15H24Br3Cl6O4P/c1-13(4-19,5-20)10(16)26-29(25,27-11(17)14(2,6-21)7-22)28-12(18)15(3,8-23)9-24/h10-12H,4-9H2,1-3H3. The van der Waals surface area contributed by atoms with Crippen molar-refractivity contribution in [3.05, 3.63) is 0 Å². The molecule has 0 aromatic rings. The normalized spacial score (nSPS) is 18.9. The Bertz CT molecular complexity index is 467. The number of alkyl halides is 9. The summed E-state index contributed by atoms with van der Waals surface area (Å²) >= 11 is 46.2. The summed E-state index contributed by atoms with van der Waals surface area (Å²) in [5, 5.41) is -2.56. The van der Waals surface area contributed by atoms with E-state index in [0.717, 1.165) is 0 Å². The highest BCUT2D eigenvalue weighted by Gasteiger charge is 2.47. The maximum atomic E-state index is 13.7. The lowest BCUT2D eigenvalue weighted by molar-refractivity contribution is 0.0307. The van der Waals surface area contributed by atoms with Crippen molar-refractivity contribution in [1.29, 1.82) is 0 Å². The highest BCUT2D eigenvalue weighted by Crippen LogP contribution is 2.60. The second-order valence-electron chi connectivity index (χ2n) is 7.48. The molecule has 0 N–H and O–H groups in total. The van der Waals surface area contributed by atoms with E-state index in [0.29, 0.717) is 0 Å². The molecule has 0 rings (SSSR count). The fraction of sp³-hybridized carbons (Fsp3) is 1.00. The van der Waals surface area contributed by atoms with Gasteiger partial charge in [-0.15, -0.1) is 69.6 Å². The van der Waals surface area contributed by atoms with Crippen LogP contribution in [0.15, 0.2) is 0 Å². The van der Waals surface area contributed by atoms with E-state index in [1.165, 1.54) is 0 Å². The minimum atomic E-state index is -4.25. The van der Waals surface area contributed by atoms with Crippen LogP contribution in [0.3, 0.4) is 0 Å². The summed E-state index contributed by atoms with van der Waals surface area (Å²) in [6.07, 6.45) is 0. The first-order chi connectivity index (χ1) is 13.2.